The normalized spacial score (nSPS) is 17.4. The lowest BCUT2D eigenvalue weighted by molar-refractivity contribution is -0.133. The van der Waals surface area contributed by atoms with Crippen LogP contribution in [0.4, 0.5) is 11.4 Å². The fourth-order valence-electron chi connectivity index (χ4n) is 3.07. The van der Waals surface area contributed by atoms with E-state index in [1.807, 2.05) is 0 Å². The highest BCUT2D eigenvalue weighted by Crippen LogP contribution is 2.25. The number of nitrogens with one attached hydrogen (secondary N) is 2. The van der Waals surface area contributed by atoms with Crippen molar-refractivity contribution in [1.29, 1.82) is 0 Å². The second-order valence-corrected chi connectivity index (χ2v) is 13.3. The molecular formula is C20H26N2O13S3. The zero-order chi connectivity index (χ0) is 29.1. The van der Waals surface area contributed by atoms with Crippen molar-refractivity contribution in [2.75, 3.05) is 10.6 Å². The first-order chi connectivity index (χ1) is 17.4. The summed E-state index contributed by atoms with van der Waals surface area (Å²) in [7, 11) is -13.7. The van der Waals surface area contributed by atoms with E-state index in [1.165, 1.54) is 31.2 Å². The maximum Gasteiger partial charge on any atom is 0.288 e. The molecule has 2 rings (SSSR count). The maximum atomic E-state index is 12.9. The summed E-state index contributed by atoms with van der Waals surface area (Å²) in [5, 5.41) is 40.0. The van der Waals surface area contributed by atoms with E-state index in [1.54, 1.807) is 0 Å². The van der Waals surface area contributed by atoms with Gasteiger partial charge in [0.1, 0.15) is 24.4 Å². The van der Waals surface area contributed by atoms with Gasteiger partial charge in [-0.25, -0.2) is 8.42 Å². The molecule has 0 bridgehead atoms. The van der Waals surface area contributed by atoms with Gasteiger partial charge in [0.15, 0.2) is 17.0 Å². The third-order valence-corrected chi connectivity index (χ3v) is 9.11. The van der Waals surface area contributed by atoms with E-state index in [0.29, 0.717) is 0 Å². The second kappa shape index (κ2) is 12.0. The van der Waals surface area contributed by atoms with Crippen molar-refractivity contribution in [1.82, 2.24) is 0 Å². The average Bonchev–Trinajstić information content (AvgIpc) is 2.84. The zero-order valence-corrected chi connectivity index (χ0v) is 21.9. The van der Waals surface area contributed by atoms with Crippen LogP contribution in [0.2, 0.25) is 0 Å². The highest BCUT2D eigenvalue weighted by molar-refractivity contribution is 7.91. The fraction of sp³-hybridized carbons (Fsp3) is 0.350. The molecule has 0 aliphatic rings. The topological polar surface area (TPSA) is 265 Å². The second-order valence-electron chi connectivity index (χ2n) is 8.03. The summed E-state index contributed by atoms with van der Waals surface area (Å²) in [5.41, 5.74) is 0.0541. The number of carbonyl (C=O) groups is 1. The molecule has 0 radical (unpaired) electrons. The summed E-state index contributed by atoms with van der Waals surface area (Å²) in [5.74, 6) is 0. The van der Waals surface area contributed by atoms with Crippen LogP contribution in [0.5, 0.6) is 0 Å². The van der Waals surface area contributed by atoms with Crippen LogP contribution in [0.15, 0.2) is 58.3 Å². The molecule has 0 heterocycles. The van der Waals surface area contributed by atoms with Crippen LogP contribution in [0.25, 0.3) is 0 Å². The highest BCUT2D eigenvalue weighted by atomic mass is 32.2. The maximum absolute atomic E-state index is 12.9. The third kappa shape index (κ3) is 7.68. The minimum absolute atomic E-state index is 0.151. The Morgan fingerprint density at radius 1 is 0.658 bits per heavy atom. The summed E-state index contributed by atoms with van der Waals surface area (Å²) in [4.78, 5) is 10.1. The van der Waals surface area contributed by atoms with Gasteiger partial charge in [0.05, 0.1) is 9.79 Å². The van der Waals surface area contributed by atoms with E-state index >= 15 is 0 Å². The Labute approximate surface area is 218 Å². The summed E-state index contributed by atoms with van der Waals surface area (Å²) in [6.07, 6.45) is -9.47. The van der Waals surface area contributed by atoms with Crippen LogP contribution in [0.1, 0.15) is 6.92 Å². The van der Waals surface area contributed by atoms with Crippen LogP contribution in [-0.4, -0.2) is 96.2 Å². The lowest BCUT2D eigenvalue weighted by Crippen LogP contribution is -2.53. The van der Waals surface area contributed by atoms with Gasteiger partial charge >= 0.3 is 0 Å². The number of rotatable bonds is 13. The molecule has 0 aliphatic carbocycles. The Morgan fingerprint density at radius 3 is 1.45 bits per heavy atom. The van der Waals surface area contributed by atoms with E-state index in [4.69, 9.17) is 4.55 Å². The molecule has 38 heavy (non-hydrogen) atoms. The predicted molar refractivity (Wildman–Crippen MR) is 132 cm³/mol. The molecule has 0 aromatic heterocycles. The molecule has 18 heteroatoms. The summed E-state index contributed by atoms with van der Waals surface area (Å²) in [6.45, 7) is 1.18. The first-order valence-electron chi connectivity index (χ1n) is 10.5. The molecule has 15 nitrogen and oxygen atoms in total. The van der Waals surface area contributed by atoms with E-state index in [9.17, 15) is 55.0 Å². The standard InChI is InChI=1S/C20H26N2O13S3/c1-11(37(30,31)32)21-12-2-6-14(7-3-12)36(28,29)15-8-4-13(5-9-15)22-20(38(33,34)35)19(27)18(26)17(25)16(24)10-23/h2-11,16-22,24-27H,1H3,(H,30,31,32)(H,33,34,35). The van der Waals surface area contributed by atoms with Crippen molar-refractivity contribution >= 4 is 47.7 Å². The van der Waals surface area contributed by atoms with Crippen molar-refractivity contribution < 1.29 is 59.6 Å². The molecule has 0 amide bonds. The van der Waals surface area contributed by atoms with Gasteiger partial charge in [0.25, 0.3) is 20.2 Å². The smallest absolute Gasteiger partial charge is 0.288 e. The lowest BCUT2D eigenvalue weighted by Gasteiger charge is -2.29. The Balaban J connectivity index is 2.25. The summed E-state index contributed by atoms with van der Waals surface area (Å²) < 4.78 is 90.1. The molecule has 6 unspecified atom stereocenters. The molecule has 8 N–H and O–H groups in total. The van der Waals surface area contributed by atoms with Crippen LogP contribution in [0, 0.1) is 0 Å². The van der Waals surface area contributed by atoms with Crippen molar-refractivity contribution in [3.63, 3.8) is 0 Å². The largest absolute Gasteiger partial charge is 0.387 e. The number of hydrogen-bond acceptors (Lipinski definition) is 13. The third-order valence-electron chi connectivity index (χ3n) is 5.28. The number of aliphatic hydroxyl groups is 4. The molecule has 2 aromatic rings. The number of sulfone groups is 1. The number of carbonyl (C=O) groups excluding carboxylic acids is 1. The van der Waals surface area contributed by atoms with Gasteiger partial charge in [-0.2, -0.15) is 16.8 Å². The number of benzene rings is 2. The van der Waals surface area contributed by atoms with Crippen LogP contribution in [-0.2, 0) is 34.9 Å². The molecule has 0 saturated carbocycles. The Hall–Kier alpha value is -2.68. The molecule has 6 atom stereocenters. The highest BCUT2D eigenvalue weighted by Gasteiger charge is 2.40. The molecule has 0 aliphatic heterocycles. The van der Waals surface area contributed by atoms with Gasteiger partial charge in [-0.05, 0) is 55.5 Å². The van der Waals surface area contributed by atoms with E-state index in [2.05, 4.69) is 10.6 Å². The molecule has 0 saturated heterocycles. The van der Waals surface area contributed by atoms with Crippen molar-refractivity contribution in [2.24, 2.45) is 0 Å². The van der Waals surface area contributed by atoms with Gasteiger partial charge in [0, 0.05) is 11.4 Å². The Morgan fingerprint density at radius 2 is 1.08 bits per heavy atom. The fourth-order valence-corrected chi connectivity index (χ4v) is 5.41. The van der Waals surface area contributed by atoms with Crippen molar-refractivity contribution in [2.45, 2.75) is 51.9 Å². The number of hydrogen-bond donors (Lipinski definition) is 8. The van der Waals surface area contributed by atoms with Crippen LogP contribution < -0.4 is 10.6 Å². The van der Waals surface area contributed by atoms with Gasteiger partial charge in [-0.1, -0.05) is 0 Å². The molecule has 2 aromatic carbocycles. The number of aliphatic hydroxyl groups excluding tert-OH is 4. The molecule has 0 fully saturated rings. The Kier molecular flexibility index (Phi) is 9.97. The van der Waals surface area contributed by atoms with E-state index in [-0.39, 0.29) is 27.5 Å². The summed E-state index contributed by atoms with van der Waals surface area (Å²) >= 11 is 0. The molecular weight excluding hydrogens is 572 g/mol. The van der Waals surface area contributed by atoms with Crippen molar-refractivity contribution in [3.8, 4) is 0 Å². The molecule has 212 valence electrons. The first kappa shape index (κ1) is 31.5. The van der Waals surface area contributed by atoms with Gasteiger partial charge < -0.3 is 35.9 Å². The van der Waals surface area contributed by atoms with E-state index in [0.717, 1.165) is 24.3 Å². The first-order valence-corrected chi connectivity index (χ1v) is 15.0. The quantitative estimate of drug-likeness (QED) is 0.0956. The predicted octanol–water partition coefficient (Wildman–Crippen LogP) is -1.57. The van der Waals surface area contributed by atoms with Crippen LogP contribution in [0.3, 0.4) is 0 Å². The SMILES string of the molecule is CC(Nc1ccc(S(=O)(=O)c2ccc(NC(C(O)C(O)C(O)C(O)C=O)S(=O)(=O)O)cc2)cc1)S(=O)(=O)O. The zero-order valence-electron chi connectivity index (χ0n) is 19.4. The van der Waals surface area contributed by atoms with Crippen LogP contribution >= 0.6 is 0 Å². The number of aldehydes is 1. The minimum Gasteiger partial charge on any atom is -0.387 e. The number of anilines is 2. The monoisotopic (exact) mass is 598 g/mol. The van der Waals surface area contributed by atoms with Crippen molar-refractivity contribution in [3.05, 3.63) is 48.5 Å². The van der Waals surface area contributed by atoms with Gasteiger partial charge in [0.2, 0.25) is 9.84 Å². The summed E-state index contributed by atoms with van der Waals surface area (Å²) in [6, 6.07) is 9.14. The molecule has 0 spiro atoms. The Bertz CT molecular complexity index is 1430. The van der Waals surface area contributed by atoms with Gasteiger partial charge in [-0.15, -0.1) is 0 Å². The lowest BCUT2D eigenvalue weighted by atomic mass is 10.0. The average molecular weight is 599 g/mol. The van der Waals surface area contributed by atoms with E-state index < -0.39 is 65.2 Å². The minimum atomic E-state index is -5.16. The van der Waals surface area contributed by atoms with Gasteiger partial charge in [-0.3, -0.25) is 9.11 Å².